The summed E-state index contributed by atoms with van der Waals surface area (Å²) in [4.78, 5) is 5.27. The third-order valence-corrected chi connectivity index (χ3v) is 13.7. The number of aromatic nitrogens is 1. The molecule has 35 heavy (non-hydrogen) atoms. The molecule has 0 radical (unpaired) electrons. The van der Waals surface area contributed by atoms with E-state index in [4.69, 9.17) is 9.41 Å². The van der Waals surface area contributed by atoms with Gasteiger partial charge in [0.15, 0.2) is 8.32 Å². The van der Waals surface area contributed by atoms with Crippen molar-refractivity contribution < 1.29 is 9.53 Å². The minimum Gasteiger partial charge on any atom is -0.410 e. The average Bonchev–Trinajstić information content (AvgIpc) is 2.70. The Morgan fingerprint density at radius 1 is 1.03 bits per heavy atom. The molecule has 5 heteroatoms. The quantitative estimate of drug-likeness (QED) is 0.263. The number of aliphatic hydroxyl groups excluding tert-OH is 1. The molecule has 0 aliphatic heterocycles. The van der Waals surface area contributed by atoms with Crippen molar-refractivity contribution in [3.05, 3.63) is 61.5 Å². The average molecular weight is 608 g/mol. The van der Waals surface area contributed by atoms with Crippen molar-refractivity contribution in [1.82, 2.24) is 4.98 Å². The molecule has 0 fully saturated rings. The first kappa shape index (κ1) is 28.8. The summed E-state index contributed by atoms with van der Waals surface area (Å²) < 4.78 is 8.22. The lowest BCUT2D eigenvalue weighted by molar-refractivity contribution is 0.104. The lowest BCUT2D eigenvalue weighted by Gasteiger charge is -2.44. The molecular formula is C30H46INO2Si. The molecule has 3 rings (SSSR count). The maximum absolute atomic E-state index is 11.7. The van der Waals surface area contributed by atoms with Crippen molar-refractivity contribution in [2.24, 2.45) is 5.41 Å². The fourth-order valence-electron chi connectivity index (χ4n) is 4.80. The first-order valence-corrected chi connectivity index (χ1v) is 17.1. The topological polar surface area (TPSA) is 42.4 Å². The Kier molecular flexibility index (Phi) is 8.38. The van der Waals surface area contributed by atoms with Gasteiger partial charge in [0.2, 0.25) is 0 Å². The van der Waals surface area contributed by atoms with Crippen LogP contribution in [-0.4, -0.2) is 18.4 Å². The minimum atomic E-state index is -2.00. The van der Waals surface area contributed by atoms with Gasteiger partial charge in [-0.3, -0.25) is 4.98 Å². The van der Waals surface area contributed by atoms with Gasteiger partial charge in [0, 0.05) is 20.4 Å². The SMILES string of the molecule is CC(C)c1ccc(C(O)c2c(C(C)C)nc3c(c2I)[C@@H](O[Si](C)(C)C(C)(C)C)CC(C)(C)C3)cc1. The summed E-state index contributed by atoms with van der Waals surface area (Å²) >= 11 is 2.48. The molecule has 2 atom stereocenters. The van der Waals surface area contributed by atoms with Gasteiger partial charge in [0.25, 0.3) is 0 Å². The van der Waals surface area contributed by atoms with Gasteiger partial charge >= 0.3 is 0 Å². The second-order valence-corrected chi connectivity index (χ2v) is 19.2. The molecule has 0 saturated carbocycles. The van der Waals surface area contributed by atoms with Crippen LogP contribution in [0.15, 0.2) is 24.3 Å². The number of halogens is 1. The van der Waals surface area contributed by atoms with E-state index >= 15 is 0 Å². The Bertz CT molecular complexity index is 1050. The zero-order valence-electron chi connectivity index (χ0n) is 23.7. The summed E-state index contributed by atoms with van der Waals surface area (Å²) in [5, 5.41) is 11.8. The summed E-state index contributed by atoms with van der Waals surface area (Å²) in [6, 6.07) is 8.43. The number of hydrogen-bond donors (Lipinski definition) is 1. The molecule has 0 saturated heterocycles. The summed E-state index contributed by atoms with van der Waals surface area (Å²) in [6.07, 6.45) is 1.21. The molecule has 194 valence electrons. The van der Waals surface area contributed by atoms with E-state index < -0.39 is 14.4 Å². The van der Waals surface area contributed by atoms with E-state index in [0.717, 1.165) is 38.9 Å². The van der Waals surface area contributed by atoms with E-state index in [2.05, 4.69) is 122 Å². The van der Waals surface area contributed by atoms with Crippen molar-refractivity contribution in [2.75, 3.05) is 0 Å². The molecule has 0 bridgehead atoms. The summed E-state index contributed by atoms with van der Waals surface area (Å²) in [7, 11) is -2.00. The highest BCUT2D eigenvalue weighted by atomic mass is 127. The Morgan fingerprint density at radius 2 is 1.57 bits per heavy atom. The Labute approximate surface area is 228 Å². The summed E-state index contributed by atoms with van der Waals surface area (Å²) in [6.45, 7) is 25.0. The van der Waals surface area contributed by atoms with Crippen molar-refractivity contribution in [2.45, 2.75) is 117 Å². The van der Waals surface area contributed by atoms with Crippen molar-refractivity contribution in [3.8, 4) is 0 Å². The number of benzene rings is 1. The summed E-state index contributed by atoms with van der Waals surface area (Å²) in [5.41, 5.74) is 6.67. The summed E-state index contributed by atoms with van der Waals surface area (Å²) in [5.74, 6) is 0.688. The second kappa shape index (κ2) is 10.2. The largest absolute Gasteiger partial charge is 0.410 e. The Morgan fingerprint density at radius 3 is 2.06 bits per heavy atom. The molecule has 1 unspecified atom stereocenters. The molecule has 1 heterocycles. The molecule has 1 aromatic heterocycles. The fraction of sp³-hybridized carbons (Fsp3) is 0.633. The maximum Gasteiger partial charge on any atom is 0.192 e. The normalized spacial score (nSPS) is 19.2. The number of rotatable bonds is 6. The standard InChI is InChI=1S/C30H46INO2Si/c1-18(2)20-12-14-21(15-13-20)28(33)25-26(31)24-22(32-27(25)19(3)4)16-30(8,9)17-23(24)34-35(10,11)29(5,6)7/h12-15,18-19,23,28,33H,16-17H2,1-11H3/t23-,28?/m0/s1. The van der Waals surface area contributed by atoms with Gasteiger partial charge in [-0.2, -0.15) is 0 Å². The maximum atomic E-state index is 11.7. The van der Waals surface area contributed by atoms with Crippen LogP contribution in [-0.2, 0) is 10.8 Å². The number of aliphatic hydroxyl groups is 1. The van der Waals surface area contributed by atoms with E-state index in [-0.39, 0.29) is 22.5 Å². The highest BCUT2D eigenvalue weighted by molar-refractivity contribution is 14.1. The second-order valence-electron chi connectivity index (χ2n) is 13.4. The first-order valence-electron chi connectivity index (χ1n) is 13.1. The number of nitrogens with zero attached hydrogens (tertiary/aromatic N) is 1. The fourth-order valence-corrected chi connectivity index (χ4v) is 7.30. The monoisotopic (exact) mass is 607 g/mol. The number of hydrogen-bond acceptors (Lipinski definition) is 3. The van der Waals surface area contributed by atoms with Gasteiger partial charge in [-0.25, -0.2) is 0 Å². The molecule has 0 amide bonds. The van der Waals surface area contributed by atoms with Gasteiger partial charge < -0.3 is 9.53 Å². The molecule has 1 aromatic carbocycles. The van der Waals surface area contributed by atoms with Crippen LogP contribution in [0.5, 0.6) is 0 Å². The molecule has 1 aliphatic rings. The predicted molar refractivity (Wildman–Crippen MR) is 159 cm³/mol. The molecule has 3 nitrogen and oxygen atoms in total. The first-order chi connectivity index (χ1) is 15.9. The third-order valence-electron chi connectivity index (χ3n) is 8.00. The van der Waals surface area contributed by atoms with Crippen molar-refractivity contribution in [1.29, 1.82) is 0 Å². The van der Waals surface area contributed by atoms with E-state index in [1.54, 1.807) is 0 Å². The van der Waals surface area contributed by atoms with E-state index in [9.17, 15) is 5.11 Å². The van der Waals surface area contributed by atoms with Crippen LogP contribution >= 0.6 is 22.6 Å². The molecule has 2 aromatic rings. The van der Waals surface area contributed by atoms with Crippen LogP contribution < -0.4 is 0 Å². The third kappa shape index (κ3) is 6.05. The van der Waals surface area contributed by atoms with Gasteiger partial charge in [-0.1, -0.05) is 86.6 Å². The molecular weight excluding hydrogens is 561 g/mol. The highest BCUT2D eigenvalue weighted by Crippen LogP contribution is 2.50. The number of pyridine rings is 1. The molecule has 1 N–H and O–H groups in total. The predicted octanol–water partition coefficient (Wildman–Crippen LogP) is 9.05. The van der Waals surface area contributed by atoms with Crippen LogP contribution in [0, 0.1) is 8.99 Å². The van der Waals surface area contributed by atoms with Gasteiger partial charge in [-0.05, 0) is 81.9 Å². The zero-order chi connectivity index (χ0) is 26.5. The molecule has 1 aliphatic carbocycles. The van der Waals surface area contributed by atoms with Crippen LogP contribution in [0.3, 0.4) is 0 Å². The van der Waals surface area contributed by atoms with Crippen molar-refractivity contribution >= 4 is 30.9 Å². The molecule has 0 spiro atoms. The van der Waals surface area contributed by atoms with Gasteiger partial charge in [0.1, 0.15) is 6.10 Å². The minimum absolute atomic E-state index is 0.00419. The van der Waals surface area contributed by atoms with Crippen molar-refractivity contribution in [3.63, 3.8) is 0 Å². The van der Waals surface area contributed by atoms with Crippen LogP contribution in [0.2, 0.25) is 18.1 Å². The zero-order valence-corrected chi connectivity index (χ0v) is 26.9. The van der Waals surface area contributed by atoms with Crippen LogP contribution in [0.4, 0.5) is 0 Å². The van der Waals surface area contributed by atoms with Gasteiger partial charge in [0.05, 0.1) is 11.8 Å². The van der Waals surface area contributed by atoms with E-state index in [1.165, 1.54) is 11.1 Å². The van der Waals surface area contributed by atoms with Crippen LogP contribution in [0.25, 0.3) is 0 Å². The smallest absolute Gasteiger partial charge is 0.192 e. The Balaban J connectivity index is 2.18. The Hall–Kier alpha value is -0.763. The number of fused-ring (bicyclic) bond motifs is 1. The van der Waals surface area contributed by atoms with Gasteiger partial charge in [-0.15, -0.1) is 0 Å². The van der Waals surface area contributed by atoms with E-state index in [1.807, 2.05) is 0 Å². The van der Waals surface area contributed by atoms with Crippen LogP contribution in [0.1, 0.15) is 126 Å². The lowest BCUT2D eigenvalue weighted by Crippen LogP contribution is -2.44. The lowest BCUT2D eigenvalue weighted by atomic mass is 9.74. The highest BCUT2D eigenvalue weighted by Gasteiger charge is 2.44. The van der Waals surface area contributed by atoms with E-state index in [0.29, 0.717) is 5.92 Å².